The van der Waals surface area contributed by atoms with Gasteiger partial charge in [0.1, 0.15) is 17.5 Å². The van der Waals surface area contributed by atoms with E-state index >= 15 is 0 Å². The van der Waals surface area contributed by atoms with Gasteiger partial charge in [0.05, 0.1) is 0 Å². The molecule has 33 heavy (non-hydrogen) atoms. The summed E-state index contributed by atoms with van der Waals surface area (Å²) >= 11 is 6.06. The maximum Gasteiger partial charge on any atom is 0.266 e. The van der Waals surface area contributed by atoms with Crippen molar-refractivity contribution in [3.05, 3.63) is 118 Å². The quantitative estimate of drug-likeness (QED) is 0.259. The van der Waals surface area contributed by atoms with Gasteiger partial charge in [0.2, 0.25) is 0 Å². The lowest BCUT2D eigenvalue weighted by Crippen LogP contribution is -2.14. The monoisotopic (exact) mass is 454 g/mol. The van der Waals surface area contributed by atoms with Gasteiger partial charge in [-0.15, -0.1) is 0 Å². The Morgan fingerprint density at radius 3 is 2.67 bits per heavy atom. The van der Waals surface area contributed by atoms with E-state index in [-0.39, 0.29) is 11.4 Å². The fraction of sp³-hybridized carbons (Fsp3) is 0.0714. The average molecular weight is 455 g/mol. The van der Waals surface area contributed by atoms with Crippen LogP contribution in [-0.2, 0) is 11.2 Å². The molecule has 0 saturated heterocycles. The van der Waals surface area contributed by atoms with Crippen molar-refractivity contribution in [2.45, 2.75) is 13.3 Å². The number of benzene rings is 4. The number of nitrogens with zero attached hydrogens (tertiary/aromatic N) is 1. The van der Waals surface area contributed by atoms with Crippen molar-refractivity contribution in [2.75, 3.05) is 5.32 Å². The third-order valence-corrected chi connectivity index (χ3v) is 5.68. The summed E-state index contributed by atoms with van der Waals surface area (Å²) in [5.41, 5.74) is 3.79. The van der Waals surface area contributed by atoms with Crippen molar-refractivity contribution >= 4 is 40.0 Å². The number of carbonyl (C=O) groups excluding carboxylic acids is 1. The topological polar surface area (TPSA) is 52.9 Å². The van der Waals surface area contributed by atoms with Crippen LogP contribution in [0.4, 0.5) is 10.1 Å². The summed E-state index contributed by atoms with van der Waals surface area (Å²) in [5.74, 6) is -0.827. The highest BCUT2D eigenvalue weighted by Gasteiger charge is 2.14. The first-order valence-electron chi connectivity index (χ1n) is 10.4. The summed E-state index contributed by atoms with van der Waals surface area (Å²) in [4.78, 5) is 13.0. The summed E-state index contributed by atoms with van der Waals surface area (Å²) in [6.07, 6.45) is 2.06. The SMILES string of the molecule is Cc1ccc(Cl)cc1NC(=O)/C(C#N)=C/c1c(Cc2cccc(F)c2)ccc2ccccc12. The van der Waals surface area contributed by atoms with Crippen LogP contribution < -0.4 is 5.32 Å². The Kier molecular flexibility index (Phi) is 6.53. The van der Waals surface area contributed by atoms with Crippen LogP contribution >= 0.6 is 11.6 Å². The third-order valence-electron chi connectivity index (χ3n) is 5.45. The Bertz CT molecular complexity index is 1440. The van der Waals surface area contributed by atoms with Crippen molar-refractivity contribution in [3.63, 3.8) is 0 Å². The Morgan fingerprint density at radius 2 is 1.88 bits per heavy atom. The van der Waals surface area contributed by atoms with Crippen molar-refractivity contribution in [1.29, 1.82) is 5.26 Å². The third kappa shape index (κ3) is 5.11. The molecular weight excluding hydrogens is 435 g/mol. The normalized spacial score (nSPS) is 11.3. The predicted octanol–water partition coefficient (Wildman–Crippen LogP) is 7.08. The van der Waals surface area contributed by atoms with E-state index in [1.54, 1.807) is 30.3 Å². The number of nitrogens with one attached hydrogen (secondary N) is 1. The fourth-order valence-corrected chi connectivity index (χ4v) is 3.92. The molecule has 0 atom stereocenters. The summed E-state index contributed by atoms with van der Waals surface area (Å²) < 4.78 is 13.7. The van der Waals surface area contributed by atoms with Gasteiger partial charge < -0.3 is 5.32 Å². The maximum absolute atomic E-state index is 13.7. The van der Waals surface area contributed by atoms with E-state index in [9.17, 15) is 14.4 Å². The minimum Gasteiger partial charge on any atom is -0.321 e. The van der Waals surface area contributed by atoms with Crippen LogP contribution in [0.3, 0.4) is 0 Å². The van der Waals surface area contributed by atoms with Crippen LogP contribution in [-0.4, -0.2) is 5.91 Å². The van der Waals surface area contributed by atoms with Gasteiger partial charge in [-0.25, -0.2) is 4.39 Å². The van der Waals surface area contributed by atoms with Gasteiger partial charge in [0, 0.05) is 10.7 Å². The Balaban J connectivity index is 1.78. The highest BCUT2D eigenvalue weighted by Crippen LogP contribution is 2.28. The molecule has 0 aromatic heterocycles. The fourth-order valence-electron chi connectivity index (χ4n) is 3.74. The number of aryl methyl sites for hydroxylation is 1. The van der Waals surface area contributed by atoms with E-state index in [2.05, 4.69) is 5.32 Å². The van der Waals surface area contributed by atoms with Gasteiger partial charge in [-0.3, -0.25) is 4.79 Å². The standard InChI is InChI=1S/C28H20ClFN2O/c1-18-9-12-23(29)16-27(18)32-28(33)22(17-31)15-26-21(13-19-5-4-7-24(30)14-19)11-10-20-6-2-3-8-25(20)26/h2-12,14-16H,13H2,1H3,(H,32,33)/b22-15+. The Morgan fingerprint density at radius 1 is 1.06 bits per heavy atom. The maximum atomic E-state index is 13.7. The molecule has 0 spiro atoms. The molecule has 0 aliphatic rings. The zero-order chi connectivity index (χ0) is 23.4. The minimum atomic E-state index is -0.521. The Hall–Kier alpha value is -3.94. The van der Waals surface area contributed by atoms with E-state index in [1.807, 2.05) is 55.5 Å². The van der Waals surface area contributed by atoms with Crippen molar-refractivity contribution in [3.8, 4) is 6.07 Å². The number of fused-ring (bicyclic) bond motifs is 1. The molecule has 0 aliphatic carbocycles. The largest absolute Gasteiger partial charge is 0.321 e. The molecule has 0 heterocycles. The zero-order valence-electron chi connectivity index (χ0n) is 17.9. The summed E-state index contributed by atoms with van der Waals surface area (Å²) in [5, 5.41) is 15.0. The first-order valence-corrected chi connectivity index (χ1v) is 10.8. The van der Waals surface area contributed by atoms with E-state index < -0.39 is 5.91 Å². The molecule has 0 bridgehead atoms. The molecule has 3 nitrogen and oxygen atoms in total. The zero-order valence-corrected chi connectivity index (χ0v) is 18.7. The van der Waals surface area contributed by atoms with Crippen molar-refractivity contribution in [1.82, 2.24) is 0 Å². The number of hydrogen-bond acceptors (Lipinski definition) is 2. The summed E-state index contributed by atoms with van der Waals surface area (Å²) in [6.45, 7) is 1.85. The second-order valence-corrected chi connectivity index (χ2v) is 8.19. The van der Waals surface area contributed by atoms with Crippen molar-refractivity contribution in [2.24, 2.45) is 0 Å². The number of rotatable bonds is 5. The van der Waals surface area contributed by atoms with E-state index in [0.29, 0.717) is 17.1 Å². The highest BCUT2D eigenvalue weighted by molar-refractivity contribution is 6.31. The second kappa shape index (κ2) is 9.68. The number of amides is 1. The van der Waals surface area contributed by atoms with Gasteiger partial charge in [0.15, 0.2) is 0 Å². The van der Waals surface area contributed by atoms with Crippen LogP contribution in [0.25, 0.3) is 16.8 Å². The number of halogens is 2. The molecule has 4 rings (SSSR count). The molecule has 4 aromatic rings. The van der Waals surface area contributed by atoms with Crippen LogP contribution in [0.5, 0.6) is 0 Å². The lowest BCUT2D eigenvalue weighted by atomic mass is 9.93. The number of hydrogen-bond donors (Lipinski definition) is 1. The van der Waals surface area contributed by atoms with Gasteiger partial charge in [-0.1, -0.05) is 66.2 Å². The second-order valence-electron chi connectivity index (χ2n) is 7.75. The lowest BCUT2D eigenvalue weighted by molar-refractivity contribution is -0.112. The van der Waals surface area contributed by atoms with Crippen LogP contribution in [0.2, 0.25) is 5.02 Å². The molecule has 0 radical (unpaired) electrons. The first-order chi connectivity index (χ1) is 15.9. The highest BCUT2D eigenvalue weighted by atomic mass is 35.5. The smallest absolute Gasteiger partial charge is 0.266 e. The molecule has 0 fully saturated rings. The molecule has 0 saturated carbocycles. The number of nitriles is 1. The van der Waals surface area contributed by atoms with Crippen molar-refractivity contribution < 1.29 is 9.18 Å². The molecule has 5 heteroatoms. The Labute approximate surface area is 196 Å². The summed E-state index contributed by atoms with van der Waals surface area (Å²) in [6, 6.07) is 25.3. The molecule has 0 unspecified atom stereocenters. The van der Waals surface area contributed by atoms with Crippen LogP contribution in [0.15, 0.2) is 84.4 Å². The molecule has 1 amide bonds. The number of carbonyl (C=O) groups is 1. The van der Waals surface area contributed by atoms with E-state index in [1.165, 1.54) is 12.1 Å². The van der Waals surface area contributed by atoms with Gasteiger partial charge in [-0.05, 0) is 76.7 Å². The number of anilines is 1. The average Bonchev–Trinajstić information content (AvgIpc) is 2.80. The lowest BCUT2D eigenvalue weighted by Gasteiger charge is -2.12. The van der Waals surface area contributed by atoms with Gasteiger partial charge in [-0.2, -0.15) is 5.26 Å². The molecule has 4 aromatic carbocycles. The van der Waals surface area contributed by atoms with Crippen LogP contribution in [0, 0.1) is 24.1 Å². The molecule has 1 N–H and O–H groups in total. The van der Waals surface area contributed by atoms with Gasteiger partial charge in [0.25, 0.3) is 5.91 Å². The van der Waals surface area contributed by atoms with E-state index in [0.717, 1.165) is 33.0 Å². The minimum absolute atomic E-state index is 0.0359. The molecular formula is C28H20ClFN2O. The van der Waals surface area contributed by atoms with E-state index in [4.69, 9.17) is 11.6 Å². The summed E-state index contributed by atoms with van der Waals surface area (Å²) in [7, 11) is 0. The first kappa shape index (κ1) is 22.3. The predicted molar refractivity (Wildman–Crippen MR) is 132 cm³/mol. The van der Waals surface area contributed by atoms with Crippen LogP contribution in [0.1, 0.15) is 22.3 Å². The van der Waals surface area contributed by atoms with Gasteiger partial charge >= 0.3 is 0 Å². The molecule has 162 valence electrons. The molecule has 0 aliphatic heterocycles.